The predicted molar refractivity (Wildman–Crippen MR) is 89.6 cm³/mol. The number of nitrogens with zero attached hydrogens (tertiary/aromatic N) is 3. The first-order chi connectivity index (χ1) is 11.6. The molecule has 0 N–H and O–H groups in total. The van der Waals surface area contributed by atoms with E-state index >= 15 is 0 Å². The zero-order chi connectivity index (χ0) is 17.0. The Morgan fingerprint density at radius 2 is 2.08 bits per heavy atom. The minimum atomic E-state index is -0.160. The van der Waals surface area contributed by atoms with Gasteiger partial charge >= 0.3 is 6.01 Å². The summed E-state index contributed by atoms with van der Waals surface area (Å²) in [4.78, 5) is 22.5. The largest absolute Gasteiger partial charge is 0.460 e. The summed E-state index contributed by atoms with van der Waals surface area (Å²) in [5.74, 6) is 0.670. The van der Waals surface area contributed by atoms with Crippen molar-refractivity contribution in [2.24, 2.45) is 5.92 Å². The van der Waals surface area contributed by atoms with Crippen LogP contribution in [-0.4, -0.2) is 52.2 Å². The third kappa shape index (κ3) is 4.23. The fraction of sp³-hybridized carbons (Fsp3) is 0.722. The highest BCUT2D eigenvalue weighted by Gasteiger charge is 2.42. The van der Waals surface area contributed by atoms with Gasteiger partial charge < -0.3 is 14.4 Å². The number of ether oxygens (including phenoxy) is 2. The number of piperidine rings is 1. The Hall–Kier alpha value is -1.69. The Kier molecular flexibility index (Phi) is 5.33. The number of hydrogen-bond donors (Lipinski definition) is 0. The van der Waals surface area contributed by atoms with E-state index in [9.17, 15) is 4.79 Å². The number of hydrogen-bond acceptors (Lipinski definition) is 5. The second kappa shape index (κ2) is 7.47. The van der Waals surface area contributed by atoms with Crippen molar-refractivity contribution in [3.05, 3.63) is 18.5 Å². The van der Waals surface area contributed by atoms with Crippen molar-refractivity contribution in [2.75, 3.05) is 19.7 Å². The maximum atomic E-state index is 12.2. The van der Waals surface area contributed by atoms with Crippen LogP contribution in [0.2, 0.25) is 0 Å². The lowest BCUT2D eigenvalue weighted by atomic mass is 9.83. The van der Waals surface area contributed by atoms with E-state index in [1.807, 2.05) is 4.90 Å². The molecule has 6 heteroatoms. The second-order valence-electron chi connectivity index (χ2n) is 7.27. The van der Waals surface area contributed by atoms with Crippen molar-refractivity contribution < 1.29 is 14.3 Å². The molecular formula is C18H27N3O3. The molecule has 2 aliphatic heterocycles. The molecule has 1 amide bonds. The molecule has 132 valence electrons. The van der Waals surface area contributed by atoms with E-state index in [1.165, 1.54) is 0 Å². The quantitative estimate of drug-likeness (QED) is 0.847. The molecule has 24 heavy (non-hydrogen) atoms. The Morgan fingerprint density at radius 1 is 1.38 bits per heavy atom. The Bertz CT molecular complexity index is 542. The highest BCUT2D eigenvalue weighted by atomic mass is 16.5. The van der Waals surface area contributed by atoms with Crippen LogP contribution in [-0.2, 0) is 9.53 Å². The van der Waals surface area contributed by atoms with E-state index in [-0.39, 0.29) is 17.6 Å². The predicted octanol–water partition coefficient (Wildman–Crippen LogP) is 2.44. The van der Waals surface area contributed by atoms with Gasteiger partial charge in [-0.3, -0.25) is 4.79 Å². The molecule has 2 fully saturated rings. The molecule has 1 spiro atoms. The summed E-state index contributed by atoms with van der Waals surface area (Å²) < 4.78 is 12.1. The average molecular weight is 333 g/mol. The lowest BCUT2D eigenvalue weighted by Gasteiger charge is -2.45. The number of carbonyl (C=O) groups excluding carboxylic acids is 1. The SMILES string of the molecule is CC(C)CC(=O)N1CCC2(CC1)CC(Oc1ncccn1)CCO2. The molecule has 1 atom stereocenters. The summed E-state index contributed by atoms with van der Waals surface area (Å²) in [6, 6.07) is 2.21. The number of likely N-dealkylation sites (tertiary alicyclic amines) is 1. The highest BCUT2D eigenvalue weighted by molar-refractivity contribution is 5.76. The Labute approximate surface area is 143 Å². The summed E-state index contributed by atoms with van der Waals surface area (Å²) in [7, 11) is 0. The molecule has 0 aliphatic carbocycles. The van der Waals surface area contributed by atoms with Crippen LogP contribution in [0.4, 0.5) is 0 Å². The molecule has 0 saturated carbocycles. The van der Waals surface area contributed by atoms with E-state index in [4.69, 9.17) is 9.47 Å². The van der Waals surface area contributed by atoms with E-state index in [1.54, 1.807) is 18.5 Å². The van der Waals surface area contributed by atoms with Crippen LogP contribution in [0.15, 0.2) is 18.5 Å². The number of aromatic nitrogens is 2. The Balaban J connectivity index is 1.54. The van der Waals surface area contributed by atoms with Gasteiger partial charge in [-0.05, 0) is 24.8 Å². The average Bonchev–Trinajstić information content (AvgIpc) is 2.56. The van der Waals surface area contributed by atoms with Gasteiger partial charge in [0, 0.05) is 44.7 Å². The van der Waals surface area contributed by atoms with Gasteiger partial charge in [0.1, 0.15) is 6.10 Å². The van der Waals surface area contributed by atoms with Crippen LogP contribution < -0.4 is 4.74 Å². The molecule has 2 aliphatic rings. The number of amides is 1. The van der Waals surface area contributed by atoms with Crippen molar-refractivity contribution >= 4 is 5.91 Å². The third-order valence-corrected chi connectivity index (χ3v) is 4.87. The maximum Gasteiger partial charge on any atom is 0.316 e. The number of rotatable bonds is 4. The first-order valence-electron chi connectivity index (χ1n) is 8.92. The fourth-order valence-corrected chi connectivity index (χ4v) is 3.57. The van der Waals surface area contributed by atoms with Crippen LogP contribution >= 0.6 is 0 Å². The molecule has 0 aromatic carbocycles. The molecule has 3 heterocycles. The molecule has 6 nitrogen and oxygen atoms in total. The molecule has 0 radical (unpaired) electrons. The zero-order valence-corrected chi connectivity index (χ0v) is 14.6. The Morgan fingerprint density at radius 3 is 2.75 bits per heavy atom. The minimum Gasteiger partial charge on any atom is -0.460 e. The normalized spacial score (nSPS) is 23.5. The first-order valence-corrected chi connectivity index (χ1v) is 8.92. The van der Waals surface area contributed by atoms with Gasteiger partial charge in [0.05, 0.1) is 12.2 Å². The van der Waals surface area contributed by atoms with Crippen molar-refractivity contribution in [2.45, 2.75) is 57.7 Å². The summed E-state index contributed by atoms with van der Waals surface area (Å²) in [5, 5.41) is 0. The third-order valence-electron chi connectivity index (χ3n) is 4.87. The topological polar surface area (TPSA) is 64.6 Å². The van der Waals surface area contributed by atoms with E-state index in [0.29, 0.717) is 25.0 Å². The second-order valence-corrected chi connectivity index (χ2v) is 7.27. The highest BCUT2D eigenvalue weighted by Crippen LogP contribution is 2.36. The van der Waals surface area contributed by atoms with Gasteiger partial charge in [-0.25, -0.2) is 9.97 Å². The van der Waals surface area contributed by atoms with Gasteiger partial charge in [-0.2, -0.15) is 0 Å². The zero-order valence-electron chi connectivity index (χ0n) is 14.6. The van der Waals surface area contributed by atoms with Crippen molar-refractivity contribution in [1.82, 2.24) is 14.9 Å². The van der Waals surface area contributed by atoms with E-state index in [0.717, 1.165) is 38.8 Å². The lowest BCUT2D eigenvalue weighted by Crippen LogP contribution is -2.52. The standard InChI is InChI=1S/C18H27N3O3/c1-14(2)12-16(22)21-9-5-18(6-10-21)13-15(4-11-23-18)24-17-19-7-3-8-20-17/h3,7-8,14-15H,4-6,9-13H2,1-2H3. The molecule has 3 rings (SSSR count). The van der Waals surface area contributed by atoms with E-state index in [2.05, 4.69) is 23.8 Å². The molecule has 1 aromatic rings. The van der Waals surface area contributed by atoms with E-state index < -0.39 is 0 Å². The van der Waals surface area contributed by atoms with Crippen molar-refractivity contribution in [3.63, 3.8) is 0 Å². The van der Waals surface area contributed by atoms with Crippen LogP contribution in [0.25, 0.3) is 0 Å². The van der Waals surface area contributed by atoms with Gasteiger partial charge in [0.2, 0.25) is 5.91 Å². The van der Waals surface area contributed by atoms with Gasteiger partial charge in [0.25, 0.3) is 0 Å². The molecule has 1 aromatic heterocycles. The summed E-state index contributed by atoms with van der Waals surface area (Å²) in [5.41, 5.74) is -0.160. The first kappa shape index (κ1) is 17.1. The van der Waals surface area contributed by atoms with Crippen LogP contribution in [0.5, 0.6) is 6.01 Å². The van der Waals surface area contributed by atoms with Crippen LogP contribution in [0, 0.1) is 5.92 Å². The van der Waals surface area contributed by atoms with Crippen molar-refractivity contribution in [3.8, 4) is 6.01 Å². The van der Waals surface area contributed by atoms with Gasteiger partial charge in [0.15, 0.2) is 0 Å². The molecular weight excluding hydrogens is 306 g/mol. The minimum absolute atomic E-state index is 0.0825. The smallest absolute Gasteiger partial charge is 0.316 e. The number of carbonyl (C=O) groups is 1. The van der Waals surface area contributed by atoms with Crippen LogP contribution in [0.1, 0.15) is 46.0 Å². The summed E-state index contributed by atoms with van der Waals surface area (Å²) in [6.45, 7) is 6.42. The lowest BCUT2D eigenvalue weighted by molar-refractivity contribution is -0.152. The van der Waals surface area contributed by atoms with Crippen LogP contribution in [0.3, 0.4) is 0 Å². The van der Waals surface area contributed by atoms with Gasteiger partial charge in [-0.1, -0.05) is 13.8 Å². The van der Waals surface area contributed by atoms with Gasteiger partial charge in [-0.15, -0.1) is 0 Å². The molecule has 2 saturated heterocycles. The van der Waals surface area contributed by atoms with Crippen molar-refractivity contribution in [1.29, 1.82) is 0 Å². The summed E-state index contributed by atoms with van der Waals surface area (Å²) >= 11 is 0. The maximum absolute atomic E-state index is 12.2. The molecule has 1 unspecified atom stereocenters. The molecule has 0 bridgehead atoms. The monoisotopic (exact) mass is 333 g/mol. The fourth-order valence-electron chi connectivity index (χ4n) is 3.57. The summed E-state index contributed by atoms with van der Waals surface area (Å²) in [6.07, 6.45) is 7.56.